The Hall–Kier alpha value is -2.14. The second-order valence-corrected chi connectivity index (χ2v) is 6.60. The van der Waals surface area contributed by atoms with Crippen molar-refractivity contribution in [2.45, 2.75) is 32.2 Å². The van der Waals surface area contributed by atoms with Gasteiger partial charge < -0.3 is 9.88 Å². The van der Waals surface area contributed by atoms with E-state index in [1.807, 2.05) is 24.5 Å². The van der Waals surface area contributed by atoms with Gasteiger partial charge in [-0.1, -0.05) is 18.2 Å². The van der Waals surface area contributed by atoms with E-state index in [0.29, 0.717) is 13.0 Å². The number of para-hydroxylation sites is 2. The Morgan fingerprint density at radius 3 is 2.96 bits per heavy atom. The zero-order chi connectivity index (χ0) is 15.9. The number of aryl methyl sites for hydroxylation is 2. The molecule has 0 spiro atoms. The zero-order valence-corrected chi connectivity index (χ0v) is 13.9. The molecule has 0 aliphatic heterocycles. The van der Waals surface area contributed by atoms with E-state index in [4.69, 9.17) is 0 Å². The van der Waals surface area contributed by atoms with Crippen LogP contribution in [0, 0.1) is 0 Å². The van der Waals surface area contributed by atoms with Crippen LogP contribution in [0.4, 0.5) is 0 Å². The molecule has 3 rings (SSSR count). The SMILES string of the molecule is O=C(CCCc1cccs1)NCCCn1cnc2ccccc21. The molecule has 120 valence electrons. The van der Waals surface area contributed by atoms with E-state index < -0.39 is 0 Å². The van der Waals surface area contributed by atoms with Crippen molar-refractivity contribution in [2.75, 3.05) is 6.54 Å². The first-order chi connectivity index (χ1) is 11.3. The minimum absolute atomic E-state index is 0.150. The average Bonchev–Trinajstić information content (AvgIpc) is 3.21. The third kappa shape index (κ3) is 4.42. The number of rotatable bonds is 8. The molecule has 1 amide bonds. The van der Waals surface area contributed by atoms with E-state index in [9.17, 15) is 4.79 Å². The van der Waals surface area contributed by atoms with Gasteiger partial charge in [-0.15, -0.1) is 11.3 Å². The predicted octanol–water partition coefficient (Wildman–Crippen LogP) is 3.63. The molecule has 0 aliphatic rings. The van der Waals surface area contributed by atoms with Crippen molar-refractivity contribution in [2.24, 2.45) is 0 Å². The monoisotopic (exact) mass is 327 g/mol. The highest BCUT2D eigenvalue weighted by Crippen LogP contribution is 2.12. The molecule has 0 atom stereocenters. The van der Waals surface area contributed by atoms with Crippen LogP contribution in [0.3, 0.4) is 0 Å². The van der Waals surface area contributed by atoms with Crippen LogP contribution in [0.1, 0.15) is 24.1 Å². The summed E-state index contributed by atoms with van der Waals surface area (Å²) in [6.45, 7) is 1.58. The highest BCUT2D eigenvalue weighted by Gasteiger charge is 2.03. The van der Waals surface area contributed by atoms with Crippen LogP contribution in [0.15, 0.2) is 48.1 Å². The molecule has 1 N–H and O–H groups in total. The standard InChI is InChI=1S/C18H21N3OS/c22-18(10-3-6-15-7-4-13-23-15)19-11-5-12-21-14-20-16-8-1-2-9-17(16)21/h1-2,4,7-9,13-14H,3,5-6,10-12H2,(H,19,22). The number of fused-ring (bicyclic) bond motifs is 1. The third-order valence-corrected chi connectivity index (χ3v) is 4.77. The number of nitrogens with one attached hydrogen (secondary N) is 1. The van der Waals surface area contributed by atoms with Gasteiger partial charge in [-0.3, -0.25) is 4.79 Å². The van der Waals surface area contributed by atoms with E-state index in [1.54, 1.807) is 11.3 Å². The van der Waals surface area contributed by atoms with Crippen molar-refractivity contribution in [1.82, 2.24) is 14.9 Å². The fraction of sp³-hybridized carbons (Fsp3) is 0.333. The fourth-order valence-corrected chi connectivity index (χ4v) is 3.38. The molecule has 4 nitrogen and oxygen atoms in total. The Bertz CT molecular complexity index is 749. The summed E-state index contributed by atoms with van der Waals surface area (Å²) in [6, 6.07) is 12.3. The smallest absolute Gasteiger partial charge is 0.220 e. The highest BCUT2D eigenvalue weighted by molar-refractivity contribution is 7.09. The number of carbonyl (C=O) groups is 1. The van der Waals surface area contributed by atoms with Gasteiger partial charge in [-0.25, -0.2) is 4.98 Å². The quantitative estimate of drug-likeness (QED) is 0.642. The van der Waals surface area contributed by atoms with E-state index in [0.717, 1.165) is 36.8 Å². The normalized spacial score (nSPS) is 11.0. The summed E-state index contributed by atoms with van der Waals surface area (Å²) < 4.78 is 2.14. The topological polar surface area (TPSA) is 46.9 Å². The van der Waals surface area contributed by atoms with Crippen molar-refractivity contribution in [1.29, 1.82) is 0 Å². The minimum Gasteiger partial charge on any atom is -0.356 e. The van der Waals surface area contributed by atoms with Crippen LogP contribution in [0.25, 0.3) is 11.0 Å². The number of hydrogen-bond donors (Lipinski definition) is 1. The second-order valence-electron chi connectivity index (χ2n) is 5.56. The van der Waals surface area contributed by atoms with E-state index in [-0.39, 0.29) is 5.91 Å². The summed E-state index contributed by atoms with van der Waals surface area (Å²) in [6.07, 6.45) is 5.29. The average molecular weight is 327 g/mol. The van der Waals surface area contributed by atoms with Crippen LogP contribution >= 0.6 is 11.3 Å². The lowest BCUT2D eigenvalue weighted by Crippen LogP contribution is -2.25. The maximum Gasteiger partial charge on any atom is 0.220 e. The number of amides is 1. The van der Waals surface area contributed by atoms with Gasteiger partial charge in [0, 0.05) is 24.4 Å². The number of nitrogens with zero attached hydrogens (tertiary/aromatic N) is 2. The van der Waals surface area contributed by atoms with Crippen LogP contribution < -0.4 is 5.32 Å². The molecule has 2 heterocycles. The minimum atomic E-state index is 0.150. The van der Waals surface area contributed by atoms with Gasteiger partial charge in [0.25, 0.3) is 0 Å². The fourth-order valence-electron chi connectivity index (χ4n) is 2.63. The molecule has 2 aromatic heterocycles. The largest absolute Gasteiger partial charge is 0.356 e. The van der Waals surface area contributed by atoms with Crippen molar-refractivity contribution in [3.05, 3.63) is 53.0 Å². The van der Waals surface area contributed by atoms with Gasteiger partial charge in [0.1, 0.15) is 0 Å². The van der Waals surface area contributed by atoms with Crippen molar-refractivity contribution in [3.8, 4) is 0 Å². The van der Waals surface area contributed by atoms with Gasteiger partial charge in [-0.2, -0.15) is 0 Å². The molecule has 3 aromatic rings. The van der Waals surface area contributed by atoms with Crippen molar-refractivity contribution in [3.63, 3.8) is 0 Å². The summed E-state index contributed by atoms with van der Waals surface area (Å²) >= 11 is 1.76. The first kappa shape index (κ1) is 15.7. The lowest BCUT2D eigenvalue weighted by molar-refractivity contribution is -0.121. The molecule has 23 heavy (non-hydrogen) atoms. The van der Waals surface area contributed by atoms with Gasteiger partial charge in [0.15, 0.2) is 0 Å². The van der Waals surface area contributed by atoms with E-state index in [1.165, 1.54) is 4.88 Å². The maximum atomic E-state index is 11.8. The maximum absolute atomic E-state index is 11.8. The molecule has 5 heteroatoms. The van der Waals surface area contributed by atoms with Crippen molar-refractivity contribution >= 4 is 28.3 Å². The summed E-state index contributed by atoms with van der Waals surface area (Å²) in [5.74, 6) is 0.150. The van der Waals surface area contributed by atoms with Crippen molar-refractivity contribution < 1.29 is 4.79 Å². The summed E-state index contributed by atoms with van der Waals surface area (Å²) in [5.41, 5.74) is 2.17. The second kappa shape index (κ2) is 7.92. The number of imidazole rings is 1. The first-order valence-electron chi connectivity index (χ1n) is 8.02. The van der Waals surface area contributed by atoms with E-state index >= 15 is 0 Å². The number of hydrogen-bond acceptors (Lipinski definition) is 3. The molecular formula is C18H21N3OS. The Labute approximate surface area is 140 Å². The van der Waals surface area contributed by atoms with E-state index in [2.05, 4.69) is 38.4 Å². The number of aromatic nitrogens is 2. The number of benzene rings is 1. The summed E-state index contributed by atoms with van der Waals surface area (Å²) in [4.78, 5) is 17.5. The van der Waals surface area contributed by atoms with Gasteiger partial charge in [0.2, 0.25) is 5.91 Å². The van der Waals surface area contributed by atoms with Gasteiger partial charge in [0.05, 0.1) is 17.4 Å². The molecule has 0 radical (unpaired) electrons. The molecular weight excluding hydrogens is 306 g/mol. The van der Waals surface area contributed by atoms with Crippen LogP contribution in [-0.2, 0) is 17.8 Å². The predicted molar refractivity (Wildman–Crippen MR) is 94.6 cm³/mol. The van der Waals surface area contributed by atoms with Crippen LogP contribution in [0.5, 0.6) is 0 Å². The third-order valence-electron chi connectivity index (χ3n) is 3.83. The number of carbonyl (C=O) groups excluding carboxylic acids is 1. The lowest BCUT2D eigenvalue weighted by Gasteiger charge is -2.06. The Kier molecular flexibility index (Phi) is 5.42. The molecule has 0 unspecified atom stereocenters. The van der Waals surface area contributed by atoms with Crippen LogP contribution in [0.2, 0.25) is 0 Å². The highest BCUT2D eigenvalue weighted by atomic mass is 32.1. The van der Waals surface area contributed by atoms with Gasteiger partial charge in [-0.05, 0) is 42.8 Å². The zero-order valence-electron chi connectivity index (χ0n) is 13.1. The molecule has 0 fully saturated rings. The molecule has 1 aromatic carbocycles. The molecule has 0 saturated carbocycles. The first-order valence-corrected chi connectivity index (χ1v) is 8.90. The van der Waals surface area contributed by atoms with Gasteiger partial charge >= 0.3 is 0 Å². The van der Waals surface area contributed by atoms with Crippen LogP contribution in [-0.4, -0.2) is 22.0 Å². The Morgan fingerprint density at radius 1 is 1.17 bits per heavy atom. The Morgan fingerprint density at radius 2 is 2.09 bits per heavy atom. The lowest BCUT2D eigenvalue weighted by atomic mass is 10.2. The summed E-state index contributed by atoms with van der Waals surface area (Å²) in [7, 11) is 0. The molecule has 0 saturated heterocycles. The summed E-state index contributed by atoms with van der Waals surface area (Å²) in [5, 5.41) is 5.08. The number of thiophene rings is 1. The molecule has 0 aliphatic carbocycles. The molecule has 0 bridgehead atoms. The Balaban J connectivity index is 1.34.